The Kier molecular flexibility index (Phi) is 6.68. The molecule has 1 atom stereocenters. The third-order valence-electron chi connectivity index (χ3n) is 3.17. The van der Waals surface area contributed by atoms with E-state index in [-0.39, 0.29) is 12.5 Å². The molecule has 0 radical (unpaired) electrons. The molecular formula is C15H23N3O3. The minimum absolute atomic E-state index is 0.0400. The molecule has 0 aliphatic heterocycles. The second-order valence-corrected chi connectivity index (χ2v) is 5.25. The number of rotatable bonds is 7. The largest absolute Gasteiger partial charge is 0.481 e. The first-order valence-electron chi connectivity index (χ1n) is 6.95. The van der Waals surface area contributed by atoms with Gasteiger partial charge in [-0.25, -0.2) is 4.79 Å². The molecule has 0 fully saturated rings. The Morgan fingerprint density at radius 1 is 1.29 bits per heavy atom. The van der Waals surface area contributed by atoms with E-state index >= 15 is 0 Å². The lowest BCUT2D eigenvalue weighted by Crippen LogP contribution is -2.37. The van der Waals surface area contributed by atoms with Gasteiger partial charge in [-0.15, -0.1) is 0 Å². The van der Waals surface area contributed by atoms with E-state index in [2.05, 4.69) is 16.0 Å². The maximum atomic E-state index is 11.8. The quantitative estimate of drug-likeness (QED) is 0.618. The predicted octanol–water partition coefficient (Wildman–Crippen LogP) is 1.88. The van der Waals surface area contributed by atoms with Gasteiger partial charge in [0.05, 0.1) is 5.92 Å². The summed E-state index contributed by atoms with van der Waals surface area (Å²) in [7, 11) is 1.85. The molecule has 1 aromatic rings. The number of urea groups is 1. The number of carboxylic acid groups (broad SMARTS) is 1. The second kappa shape index (κ2) is 8.26. The van der Waals surface area contributed by atoms with Crippen molar-refractivity contribution in [2.75, 3.05) is 18.9 Å². The van der Waals surface area contributed by atoms with Crippen LogP contribution in [0.25, 0.3) is 0 Å². The summed E-state index contributed by atoms with van der Waals surface area (Å²) >= 11 is 0. The highest BCUT2D eigenvalue weighted by Gasteiger charge is 2.21. The highest BCUT2D eigenvalue weighted by Crippen LogP contribution is 2.11. The number of carboxylic acids is 1. The van der Waals surface area contributed by atoms with Gasteiger partial charge >= 0.3 is 12.0 Å². The molecule has 0 bridgehead atoms. The van der Waals surface area contributed by atoms with Gasteiger partial charge in [0.2, 0.25) is 0 Å². The van der Waals surface area contributed by atoms with Crippen molar-refractivity contribution >= 4 is 17.7 Å². The lowest BCUT2D eigenvalue weighted by Gasteiger charge is -2.17. The van der Waals surface area contributed by atoms with Crippen LogP contribution in [-0.2, 0) is 11.3 Å². The van der Waals surface area contributed by atoms with Crippen LogP contribution in [0.4, 0.5) is 10.5 Å². The first kappa shape index (κ1) is 17.0. The normalized spacial score (nSPS) is 12.0. The highest BCUT2D eigenvalue weighted by molar-refractivity contribution is 5.89. The Bertz CT molecular complexity index is 489. The first-order valence-corrected chi connectivity index (χ1v) is 6.95. The summed E-state index contributed by atoms with van der Waals surface area (Å²) in [6, 6.07) is 7.07. The topological polar surface area (TPSA) is 90.5 Å². The van der Waals surface area contributed by atoms with Crippen LogP contribution in [0.5, 0.6) is 0 Å². The third kappa shape index (κ3) is 5.83. The van der Waals surface area contributed by atoms with E-state index < -0.39 is 17.9 Å². The second-order valence-electron chi connectivity index (χ2n) is 5.25. The molecular weight excluding hydrogens is 270 g/mol. The van der Waals surface area contributed by atoms with Crippen molar-refractivity contribution in [2.45, 2.75) is 20.4 Å². The Hall–Kier alpha value is -2.08. The standard InChI is InChI=1S/C15H23N3O3/c1-10(2)13(14(19)20)9-17-15(21)18-12-6-4-5-11(7-12)8-16-3/h4-7,10,13,16H,8-9H2,1-3H3,(H,19,20)(H2,17,18,21). The summed E-state index contributed by atoms with van der Waals surface area (Å²) in [5, 5.41) is 17.4. The fourth-order valence-electron chi connectivity index (χ4n) is 1.95. The van der Waals surface area contributed by atoms with E-state index in [9.17, 15) is 9.59 Å². The van der Waals surface area contributed by atoms with E-state index in [1.165, 1.54) is 0 Å². The Labute approximate surface area is 124 Å². The van der Waals surface area contributed by atoms with Crippen LogP contribution in [0.2, 0.25) is 0 Å². The highest BCUT2D eigenvalue weighted by atomic mass is 16.4. The first-order chi connectivity index (χ1) is 9.93. The zero-order valence-corrected chi connectivity index (χ0v) is 12.6. The van der Waals surface area contributed by atoms with Gasteiger partial charge in [0.15, 0.2) is 0 Å². The van der Waals surface area contributed by atoms with E-state index in [1.807, 2.05) is 39.1 Å². The van der Waals surface area contributed by atoms with E-state index in [1.54, 1.807) is 6.07 Å². The molecule has 4 N–H and O–H groups in total. The molecule has 0 spiro atoms. The Morgan fingerprint density at radius 3 is 2.57 bits per heavy atom. The molecule has 0 heterocycles. The number of amides is 2. The number of anilines is 1. The molecule has 6 heteroatoms. The van der Waals surface area contributed by atoms with Crippen molar-refractivity contribution in [1.29, 1.82) is 0 Å². The van der Waals surface area contributed by atoms with Crippen LogP contribution in [0.3, 0.4) is 0 Å². The number of carbonyl (C=O) groups is 2. The van der Waals surface area contributed by atoms with Gasteiger partial charge in [-0.3, -0.25) is 4.79 Å². The van der Waals surface area contributed by atoms with Crippen LogP contribution < -0.4 is 16.0 Å². The van der Waals surface area contributed by atoms with Gasteiger partial charge in [-0.1, -0.05) is 26.0 Å². The minimum atomic E-state index is -0.902. The zero-order valence-electron chi connectivity index (χ0n) is 12.6. The molecule has 0 saturated carbocycles. The van der Waals surface area contributed by atoms with Crippen LogP contribution >= 0.6 is 0 Å². The summed E-state index contributed by atoms with van der Waals surface area (Å²) in [6.07, 6.45) is 0. The maximum Gasteiger partial charge on any atom is 0.319 e. The van der Waals surface area contributed by atoms with E-state index in [4.69, 9.17) is 5.11 Å². The van der Waals surface area contributed by atoms with Gasteiger partial charge in [0, 0.05) is 18.8 Å². The van der Waals surface area contributed by atoms with Crippen molar-refractivity contribution < 1.29 is 14.7 Å². The molecule has 0 aliphatic carbocycles. The number of hydrogen-bond donors (Lipinski definition) is 4. The number of aliphatic carboxylic acids is 1. The van der Waals surface area contributed by atoms with Crippen molar-refractivity contribution in [2.24, 2.45) is 11.8 Å². The van der Waals surface area contributed by atoms with E-state index in [0.29, 0.717) is 12.2 Å². The van der Waals surface area contributed by atoms with Crippen LogP contribution in [0, 0.1) is 11.8 Å². The summed E-state index contributed by atoms with van der Waals surface area (Å²) in [6.45, 7) is 4.46. The summed E-state index contributed by atoms with van der Waals surface area (Å²) in [5.74, 6) is -1.53. The molecule has 1 unspecified atom stereocenters. The maximum absolute atomic E-state index is 11.8. The SMILES string of the molecule is CNCc1cccc(NC(=O)NCC(C(=O)O)C(C)C)c1. The molecule has 1 rings (SSSR count). The molecule has 21 heavy (non-hydrogen) atoms. The molecule has 0 aliphatic rings. The molecule has 1 aromatic carbocycles. The van der Waals surface area contributed by atoms with Crippen molar-refractivity contribution in [1.82, 2.24) is 10.6 Å². The molecule has 6 nitrogen and oxygen atoms in total. The Balaban J connectivity index is 2.53. The summed E-state index contributed by atoms with van der Waals surface area (Å²) < 4.78 is 0. The lowest BCUT2D eigenvalue weighted by molar-refractivity contribution is -0.142. The van der Waals surface area contributed by atoms with Gasteiger partial charge < -0.3 is 21.1 Å². The summed E-state index contributed by atoms with van der Waals surface area (Å²) in [4.78, 5) is 22.9. The lowest BCUT2D eigenvalue weighted by atomic mass is 9.96. The Morgan fingerprint density at radius 2 is 2.00 bits per heavy atom. The average Bonchev–Trinajstić information content (AvgIpc) is 2.38. The number of carbonyl (C=O) groups excluding carboxylic acids is 1. The number of benzene rings is 1. The van der Waals surface area contributed by atoms with Crippen molar-refractivity contribution in [3.05, 3.63) is 29.8 Å². The molecule has 116 valence electrons. The van der Waals surface area contributed by atoms with Gasteiger partial charge in [0.25, 0.3) is 0 Å². The fourth-order valence-corrected chi connectivity index (χ4v) is 1.95. The third-order valence-corrected chi connectivity index (χ3v) is 3.17. The van der Waals surface area contributed by atoms with E-state index in [0.717, 1.165) is 5.56 Å². The van der Waals surface area contributed by atoms with Gasteiger partial charge in [0.1, 0.15) is 0 Å². The van der Waals surface area contributed by atoms with Crippen LogP contribution in [0.15, 0.2) is 24.3 Å². The predicted molar refractivity (Wildman–Crippen MR) is 82.2 cm³/mol. The van der Waals surface area contributed by atoms with Crippen LogP contribution in [0.1, 0.15) is 19.4 Å². The minimum Gasteiger partial charge on any atom is -0.481 e. The van der Waals surface area contributed by atoms with Crippen LogP contribution in [-0.4, -0.2) is 30.7 Å². The smallest absolute Gasteiger partial charge is 0.319 e. The molecule has 2 amide bonds. The number of hydrogen-bond acceptors (Lipinski definition) is 3. The zero-order chi connectivity index (χ0) is 15.8. The van der Waals surface area contributed by atoms with Gasteiger partial charge in [-0.2, -0.15) is 0 Å². The monoisotopic (exact) mass is 293 g/mol. The van der Waals surface area contributed by atoms with Crippen molar-refractivity contribution in [3.63, 3.8) is 0 Å². The molecule has 0 aromatic heterocycles. The van der Waals surface area contributed by atoms with Gasteiger partial charge in [-0.05, 0) is 30.7 Å². The van der Waals surface area contributed by atoms with Crippen molar-refractivity contribution in [3.8, 4) is 0 Å². The number of nitrogens with one attached hydrogen (secondary N) is 3. The summed E-state index contributed by atoms with van der Waals surface area (Å²) in [5.41, 5.74) is 1.73. The molecule has 0 saturated heterocycles. The fraction of sp³-hybridized carbons (Fsp3) is 0.467. The average molecular weight is 293 g/mol.